The highest BCUT2D eigenvalue weighted by atomic mass is 15.0. The molecule has 0 unspecified atom stereocenters. The third kappa shape index (κ3) is 5.12. The SMILES string of the molecule is C=Cc1c(/C=C\C)n(-c2ccc(-c3ccccc3)cc2)c2ccc3c(c4ccc(-c5ccccc5)cc4n3-c3cccc(-c4ccccc4)c3)c12. The average molecular weight is 653 g/mol. The zero-order valence-electron chi connectivity index (χ0n) is 28.5. The van der Waals surface area contributed by atoms with Crippen LogP contribution in [0, 0.1) is 0 Å². The molecule has 0 spiro atoms. The Morgan fingerprint density at radius 1 is 0.431 bits per heavy atom. The summed E-state index contributed by atoms with van der Waals surface area (Å²) in [6, 6.07) is 61.2. The largest absolute Gasteiger partial charge is 0.309 e. The van der Waals surface area contributed by atoms with Gasteiger partial charge in [0.2, 0.25) is 0 Å². The number of fused-ring (bicyclic) bond motifs is 5. The van der Waals surface area contributed by atoms with E-state index in [1.165, 1.54) is 60.6 Å². The highest BCUT2D eigenvalue weighted by Gasteiger charge is 2.22. The Kier molecular flexibility index (Phi) is 7.56. The first-order chi connectivity index (χ1) is 25.2. The topological polar surface area (TPSA) is 9.86 Å². The zero-order chi connectivity index (χ0) is 34.3. The molecule has 0 atom stereocenters. The van der Waals surface area contributed by atoms with Gasteiger partial charge in [0, 0.05) is 33.1 Å². The number of rotatable bonds is 7. The average Bonchev–Trinajstić information content (AvgIpc) is 3.70. The smallest absolute Gasteiger partial charge is 0.0548 e. The van der Waals surface area contributed by atoms with E-state index in [9.17, 15) is 0 Å². The van der Waals surface area contributed by atoms with E-state index in [-0.39, 0.29) is 0 Å². The minimum Gasteiger partial charge on any atom is -0.309 e. The Hall–Kier alpha value is -6.64. The van der Waals surface area contributed by atoms with E-state index < -0.39 is 0 Å². The number of aromatic nitrogens is 2. The van der Waals surface area contributed by atoms with Crippen molar-refractivity contribution in [1.29, 1.82) is 0 Å². The predicted octanol–water partition coefficient (Wildman–Crippen LogP) is 13.4. The van der Waals surface area contributed by atoms with Crippen LogP contribution in [0.15, 0.2) is 183 Å². The first kappa shape index (κ1) is 30.4. The van der Waals surface area contributed by atoms with Crippen LogP contribution in [-0.4, -0.2) is 9.13 Å². The maximum atomic E-state index is 4.38. The van der Waals surface area contributed by atoms with Crippen molar-refractivity contribution < 1.29 is 0 Å². The summed E-state index contributed by atoms with van der Waals surface area (Å²) in [5, 5.41) is 3.65. The van der Waals surface area contributed by atoms with E-state index in [1.807, 2.05) is 6.08 Å². The van der Waals surface area contributed by atoms with Crippen LogP contribution in [0.3, 0.4) is 0 Å². The molecule has 242 valence electrons. The molecule has 2 nitrogen and oxygen atoms in total. The summed E-state index contributed by atoms with van der Waals surface area (Å²) in [7, 11) is 0. The normalized spacial score (nSPS) is 11.6. The molecule has 0 aliphatic heterocycles. The zero-order valence-corrected chi connectivity index (χ0v) is 28.5. The van der Waals surface area contributed by atoms with Crippen LogP contribution in [-0.2, 0) is 0 Å². The van der Waals surface area contributed by atoms with Crippen molar-refractivity contribution >= 4 is 44.9 Å². The lowest BCUT2D eigenvalue weighted by Crippen LogP contribution is -1.97. The number of benzene rings is 7. The van der Waals surface area contributed by atoms with Gasteiger partial charge in [0.15, 0.2) is 0 Å². The number of nitrogens with zero attached hydrogens (tertiary/aromatic N) is 2. The molecule has 7 aromatic carbocycles. The first-order valence-electron chi connectivity index (χ1n) is 17.5. The lowest BCUT2D eigenvalue weighted by molar-refractivity contribution is 1.10. The highest BCUT2D eigenvalue weighted by molar-refractivity contribution is 6.24. The molecular weight excluding hydrogens is 617 g/mol. The second kappa shape index (κ2) is 12.7. The van der Waals surface area contributed by atoms with Crippen LogP contribution in [0.4, 0.5) is 0 Å². The molecule has 9 rings (SSSR count). The summed E-state index contributed by atoms with van der Waals surface area (Å²) >= 11 is 0. The van der Waals surface area contributed by atoms with Gasteiger partial charge in [0.05, 0.1) is 22.2 Å². The molecule has 0 saturated carbocycles. The molecule has 0 amide bonds. The second-order valence-corrected chi connectivity index (χ2v) is 13.0. The van der Waals surface area contributed by atoms with Crippen molar-refractivity contribution in [1.82, 2.24) is 9.13 Å². The predicted molar refractivity (Wildman–Crippen MR) is 219 cm³/mol. The molecule has 0 aliphatic carbocycles. The second-order valence-electron chi connectivity index (χ2n) is 13.0. The van der Waals surface area contributed by atoms with Crippen molar-refractivity contribution in [2.24, 2.45) is 0 Å². The quantitative estimate of drug-likeness (QED) is 0.162. The van der Waals surface area contributed by atoms with E-state index in [1.54, 1.807) is 0 Å². The highest BCUT2D eigenvalue weighted by Crippen LogP contribution is 2.43. The molecule has 9 aromatic rings. The molecule has 0 bridgehead atoms. The van der Waals surface area contributed by atoms with Crippen LogP contribution in [0.25, 0.3) is 89.6 Å². The molecule has 0 aliphatic rings. The van der Waals surface area contributed by atoms with Crippen LogP contribution in [0.5, 0.6) is 0 Å². The van der Waals surface area contributed by atoms with Gasteiger partial charge in [-0.1, -0.05) is 146 Å². The standard InChI is InChI=1S/C49H36N2/c1-3-15-44-42(4-2)48-45(50(44)40-27-24-37(25-28-40)34-16-8-5-9-17-34)30-31-46-49(48)43-29-26-39(36-20-12-7-13-21-36)33-47(43)51(46)41-23-14-22-38(32-41)35-18-10-6-11-19-35/h3-33H,2H2,1H3/b15-3-. The molecule has 0 radical (unpaired) electrons. The Morgan fingerprint density at radius 3 is 1.57 bits per heavy atom. The molecule has 2 heteroatoms. The summed E-state index contributed by atoms with van der Waals surface area (Å²) in [6.07, 6.45) is 6.37. The molecule has 51 heavy (non-hydrogen) atoms. The first-order valence-corrected chi connectivity index (χ1v) is 17.5. The number of allylic oxidation sites excluding steroid dienone is 1. The number of hydrogen-bond donors (Lipinski definition) is 0. The Morgan fingerprint density at radius 2 is 0.961 bits per heavy atom. The van der Waals surface area contributed by atoms with Crippen LogP contribution in [0.2, 0.25) is 0 Å². The number of hydrogen-bond acceptors (Lipinski definition) is 0. The minimum atomic E-state index is 1.12. The summed E-state index contributed by atoms with van der Waals surface area (Å²) in [5.74, 6) is 0. The van der Waals surface area contributed by atoms with Gasteiger partial charge in [-0.15, -0.1) is 0 Å². The Bertz CT molecular complexity index is 2730. The summed E-state index contributed by atoms with van der Waals surface area (Å²) in [5.41, 5.74) is 15.2. The lowest BCUT2D eigenvalue weighted by atomic mass is 10.0. The Labute approximate surface area is 298 Å². The van der Waals surface area contributed by atoms with Gasteiger partial charge in [-0.25, -0.2) is 0 Å². The monoisotopic (exact) mass is 652 g/mol. The molecule has 2 aromatic heterocycles. The van der Waals surface area contributed by atoms with Gasteiger partial charge >= 0.3 is 0 Å². The molecular formula is C49H36N2. The fourth-order valence-electron chi connectivity index (χ4n) is 7.72. The molecule has 0 fully saturated rings. The van der Waals surface area contributed by atoms with E-state index in [2.05, 4.69) is 205 Å². The summed E-state index contributed by atoms with van der Waals surface area (Å²) < 4.78 is 4.83. The fourth-order valence-corrected chi connectivity index (χ4v) is 7.72. The fraction of sp³-hybridized carbons (Fsp3) is 0.0204. The van der Waals surface area contributed by atoms with Crippen LogP contribution < -0.4 is 0 Å². The minimum absolute atomic E-state index is 1.12. The molecule has 0 saturated heterocycles. The summed E-state index contributed by atoms with van der Waals surface area (Å²) in [6.45, 7) is 6.46. The van der Waals surface area contributed by atoms with Gasteiger partial charge < -0.3 is 9.13 Å². The maximum Gasteiger partial charge on any atom is 0.0548 e. The van der Waals surface area contributed by atoms with Crippen molar-refractivity contribution in [2.75, 3.05) is 0 Å². The van der Waals surface area contributed by atoms with Crippen molar-refractivity contribution in [3.8, 4) is 44.8 Å². The lowest BCUT2D eigenvalue weighted by Gasteiger charge is -2.12. The maximum absolute atomic E-state index is 4.38. The van der Waals surface area contributed by atoms with Gasteiger partial charge in [-0.3, -0.25) is 0 Å². The van der Waals surface area contributed by atoms with Gasteiger partial charge in [0.25, 0.3) is 0 Å². The van der Waals surface area contributed by atoms with Gasteiger partial charge in [-0.05, 0) is 88.8 Å². The van der Waals surface area contributed by atoms with Crippen molar-refractivity contribution in [3.63, 3.8) is 0 Å². The van der Waals surface area contributed by atoms with E-state index in [0.29, 0.717) is 0 Å². The third-order valence-electron chi connectivity index (χ3n) is 10.0. The van der Waals surface area contributed by atoms with E-state index in [0.717, 1.165) is 28.1 Å². The van der Waals surface area contributed by atoms with Crippen LogP contribution in [0.1, 0.15) is 18.2 Å². The van der Waals surface area contributed by atoms with E-state index >= 15 is 0 Å². The third-order valence-corrected chi connectivity index (χ3v) is 10.0. The van der Waals surface area contributed by atoms with Crippen LogP contribution >= 0.6 is 0 Å². The van der Waals surface area contributed by atoms with Crippen molar-refractivity contribution in [3.05, 3.63) is 194 Å². The van der Waals surface area contributed by atoms with Crippen molar-refractivity contribution in [2.45, 2.75) is 6.92 Å². The van der Waals surface area contributed by atoms with Gasteiger partial charge in [0.1, 0.15) is 0 Å². The Balaban J connectivity index is 1.35. The van der Waals surface area contributed by atoms with E-state index in [4.69, 9.17) is 0 Å². The van der Waals surface area contributed by atoms with Gasteiger partial charge in [-0.2, -0.15) is 0 Å². The molecule has 0 N–H and O–H groups in total. The molecule has 2 heterocycles. The summed E-state index contributed by atoms with van der Waals surface area (Å²) in [4.78, 5) is 0.